The Bertz CT molecular complexity index is 474. The Labute approximate surface area is 129 Å². The zero-order chi connectivity index (χ0) is 14.9. The van der Waals surface area contributed by atoms with Gasteiger partial charge < -0.3 is 5.32 Å². The van der Waals surface area contributed by atoms with Crippen molar-refractivity contribution in [3.05, 3.63) is 29.8 Å². The second-order valence-electron chi connectivity index (χ2n) is 7.98. The fourth-order valence-electron chi connectivity index (χ4n) is 4.26. The van der Waals surface area contributed by atoms with Crippen molar-refractivity contribution in [2.75, 3.05) is 18.4 Å². The normalized spacial score (nSPS) is 28.9. The lowest BCUT2D eigenvalue weighted by atomic mass is 9.91. The van der Waals surface area contributed by atoms with Gasteiger partial charge in [-0.1, -0.05) is 32.9 Å². The van der Waals surface area contributed by atoms with Crippen molar-refractivity contribution < 1.29 is 0 Å². The number of anilines is 1. The molecule has 2 aliphatic rings. The zero-order valence-electron chi connectivity index (χ0n) is 13.9. The zero-order valence-corrected chi connectivity index (χ0v) is 13.9. The SMILES string of the molecule is CC1CC(C)(C)CC1Nc1cccc(CN2CCCC2)c1. The third-order valence-corrected chi connectivity index (χ3v) is 5.22. The lowest BCUT2D eigenvalue weighted by molar-refractivity contribution is 0.331. The molecule has 2 fully saturated rings. The molecule has 116 valence electrons. The molecule has 2 atom stereocenters. The van der Waals surface area contributed by atoms with Gasteiger partial charge in [0.1, 0.15) is 0 Å². The average Bonchev–Trinajstić information content (AvgIpc) is 2.98. The van der Waals surface area contributed by atoms with Crippen LogP contribution in [0.5, 0.6) is 0 Å². The number of nitrogens with zero attached hydrogens (tertiary/aromatic N) is 1. The number of hydrogen-bond donors (Lipinski definition) is 1. The van der Waals surface area contributed by atoms with Crippen LogP contribution in [0.15, 0.2) is 24.3 Å². The molecule has 1 heterocycles. The molecule has 3 rings (SSSR count). The van der Waals surface area contributed by atoms with Crippen molar-refractivity contribution in [3.63, 3.8) is 0 Å². The average molecular weight is 286 g/mol. The number of hydrogen-bond acceptors (Lipinski definition) is 2. The highest BCUT2D eigenvalue weighted by atomic mass is 15.1. The van der Waals surface area contributed by atoms with Crippen LogP contribution in [0.2, 0.25) is 0 Å². The lowest BCUT2D eigenvalue weighted by Crippen LogP contribution is -2.23. The molecule has 0 radical (unpaired) electrons. The van der Waals surface area contributed by atoms with Gasteiger partial charge in [-0.2, -0.15) is 0 Å². The maximum Gasteiger partial charge on any atom is 0.0345 e. The highest BCUT2D eigenvalue weighted by Gasteiger charge is 2.36. The molecule has 0 amide bonds. The predicted octanol–water partition coefficient (Wildman–Crippen LogP) is 4.52. The molecule has 1 N–H and O–H groups in total. The number of rotatable bonds is 4. The lowest BCUT2D eigenvalue weighted by Gasteiger charge is -2.21. The minimum atomic E-state index is 0.490. The topological polar surface area (TPSA) is 15.3 Å². The highest BCUT2D eigenvalue weighted by molar-refractivity contribution is 5.47. The Morgan fingerprint density at radius 2 is 1.95 bits per heavy atom. The summed E-state index contributed by atoms with van der Waals surface area (Å²) in [6, 6.07) is 9.69. The molecule has 2 unspecified atom stereocenters. The van der Waals surface area contributed by atoms with E-state index in [1.54, 1.807) is 0 Å². The Hall–Kier alpha value is -1.02. The van der Waals surface area contributed by atoms with Gasteiger partial charge in [-0.25, -0.2) is 0 Å². The van der Waals surface area contributed by atoms with Crippen molar-refractivity contribution in [2.45, 2.75) is 59.0 Å². The molecule has 21 heavy (non-hydrogen) atoms. The maximum atomic E-state index is 3.79. The summed E-state index contributed by atoms with van der Waals surface area (Å²) in [6.07, 6.45) is 5.35. The van der Waals surface area contributed by atoms with E-state index < -0.39 is 0 Å². The van der Waals surface area contributed by atoms with Gasteiger partial charge in [0, 0.05) is 18.3 Å². The first kappa shape index (κ1) is 14.9. The molecular weight excluding hydrogens is 256 g/mol. The van der Waals surface area contributed by atoms with E-state index in [2.05, 4.69) is 55.3 Å². The standard InChI is InChI=1S/C19H30N2/c1-15-12-19(2,3)13-18(15)20-17-8-6-7-16(11-17)14-21-9-4-5-10-21/h6-8,11,15,18,20H,4-5,9-10,12-14H2,1-3H3. The molecular formula is C19H30N2. The highest BCUT2D eigenvalue weighted by Crippen LogP contribution is 2.42. The molecule has 2 heteroatoms. The molecule has 0 aromatic heterocycles. The third-order valence-electron chi connectivity index (χ3n) is 5.22. The van der Waals surface area contributed by atoms with Crippen molar-refractivity contribution >= 4 is 5.69 Å². The minimum Gasteiger partial charge on any atom is -0.382 e. The summed E-state index contributed by atoms with van der Waals surface area (Å²) in [4.78, 5) is 2.57. The largest absolute Gasteiger partial charge is 0.382 e. The summed E-state index contributed by atoms with van der Waals surface area (Å²) < 4.78 is 0. The Morgan fingerprint density at radius 3 is 2.62 bits per heavy atom. The van der Waals surface area contributed by atoms with Gasteiger partial charge in [0.05, 0.1) is 0 Å². The number of benzene rings is 1. The van der Waals surface area contributed by atoms with E-state index in [9.17, 15) is 0 Å². The van der Waals surface area contributed by atoms with Gasteiger partial charge in [-0.15, -0.1) is 0 Å². The van der Waals surface area contributed by atoms with Crippen LogP contribution in [0, 0.1) is 11.3 Å². The van der Waals surface area contributed by atoms with Gasteiger partial charge in [0.15, 0.2) is 0 Å². The summed E-state index contributed by atoms with van der Waals surface area (Å²) in [5.41, 5.74) is 3.25. The number of likely N-dealkylation sites (tertiary alicyclic amines) is 1. The van der Waals surface area contributed by atoms with Gasteiger partial charge in [0.25, 0.3) is 0 Å². The summed E-state index contributed by atoms with van der Waals surface area (Å²) in [5.74, 6) is 0.766. The maximum absolute atomic E-state index is 3.79. The second kappa shape index (κ2) is 6.00. The van der Waals surface area contributed by atoms with Crippen LogP contribution in [-0.2, 0) is 6.54 Å². The summed E-state index contributed by atoms with van der Waals surface area (Å²) in [5, 5.41) is 3.79. The quantitative estimate of drug-likeness (QED) is 0.875. The van der Waals surface area contributed by atoms with E-state index in [4.69, 9.17) is 0 Å². The minimum absolute atomic E-state index is 0.490. The Kier molecular flexibility index (Phi) is 4.26. The summed E-state index contributed by atoms with van der Waals surface area (Å²) in [6.45, 7) is 10.8. The van der Waals surface area contributed by atoms with Crippen LogP contribution < -0.4 is 5.32 Å². The van der Waals surface area contributed by atoms with Gasteiger partial charge in [0.2, 0.25) is 0 Å². The third kappa shape index (κ3) is 3.79. The molecule has 0 spiro atoms. The fraction of sp³-hybridized carbons (Fsp3) is 0.684. The van der Waals surface area contributed by atoms with E-state index in [1.165, 1.54) is 50.0 Å². The molecule has 2 nitrogen and oxygen atoms in total. The van der Waals surface area contributed by atoms with Crippen LogP contribution in [-0.4, -0.2) is 24.0 Å². The molecule has 1 saturated heterocycles. The Balaban J connectivity index is 1.63. The fourth-order valence-corrected chi connectivity index (χ4v) is 4.26. The second-order valence-corrected chi connectivity index (χ2v) is 7.98. The smallest absolute Gasteiger partial charge is 0.0345 e. The van der Waals surface area contributed by atoms with E-state index >= 15 is 0 Å². The van der Waals surface area contributed by atoms with E-state index in [0.29, 0.717) is 11.5 Å². The van der Waals surface area contributed by atoms with Crippen LogP contribution in [0.1, 0.15) is 52.0 Å². The molecule has 1 saturated carbocycles. The van der Waals surface area contributed by atoms with Crippen LogP contribution >= 0.6 is 0 Å². The van der Waals surface area contributed by atoms with Crippen molar-refractivity contribution in [1.29, 1.82) is 0 Å². The van der Waals surface area contributed by atoms with Gasteiger partial charge in [-0.3, -0.25) is 4.90 Å². The predicted molar refractivity (Wildman–Crippen MR) is 90.5 cm³/mol. The Morgan fingerprint density at radius 1 is 1.19 bits per heavy atom. The van der Waals surface area contributed by atoms with E-state index in [1.807, 2.05) is 0 Å². The molecule has 1 aliphatic carbocycles. The van der Waals surface area contributed by atoms with Gasteiger partial charge in [-0.05, 0) is 67.8 Å². The monoisotopic (exact) mass is 286 g/mol. The first-order valence-electron chi connectivity index (χ1n) is 8.60. The first-order valence-corrected chi connectivity index (χ1v) is 8.60. The molecule has 1 aromatic rings. The van der Waals surface area contributed by atoms with Crippen molar-refractivity contribution in [3.8, 4) is 0 Å². The molecule has 0 bridgehead atoms. The number of nitrogens with one attached hydrogen (secondary N) is 1. The van der Waals surface area contributed by atoms with Crippen LogP contribution in [0.3, 0.4) is 0 Å². The first-order chi connectivity index (χ1) is 10.0. The molecule has 1 aromatic carbocycles. The van der Waals surface area contributed by atoms with E-state index in [-0.39, 0.29) is 0 Å². The van der Waals surface area contributed by atoms with Crippen molar-refractivity contribution in [1.82, 2.24) is 4.90 Å². The van der Waals surface area contributed by atoms with Crippen molar-refractivity contribution in [2.24, 2.45) is 11.3 Å². The van der Waals surface area contributed by atoms with Crippen LogP contribution in [0.4, 0.5) is 5.69 Å². The summed E-state index contributed by atoms with van der Waals surface area (Å²) in [7, 11) is 0. The molecule has 1 aliphatic heterocycles. The van der Waals surface area contributed by atoms with E-state index in [0.717, 1.165) is 12.5 Å². The van der Waals surface area contributed by atoms with Crippen LogP contribution in [0.25, 0.3) is 0 Å². The van der Waals surface area contributed by atoms with Gasteiger partial charge >= 0.3 is 0 Å². The summed E-state index contributed by atoms with van der Waals surface area (Å²) >= 11 is 0.